The van der Waals surface area contributed by atoms with E-state index in [2.05, 4.69) is 10.1 Å². The zero-order valence-corrected chi connectivity index (χ0v) is 11.9. The molecule has 0 bridgehead atoms. The zero-order chi connectivity index (χ0) is 16.7. The van der Waals surface area contributed by atoms with Crippen molar-refractivity contribution in [1.29, 1.82) is 5.26 Å². The van der Waals surface area contributed by atoms with E-state index in [1.165, 1.54) is 14.0 Å². The van der Waals surface area contributed by atoms with Crippen LogP contribution in [-0.2, 0) is 14.3 Å². The molecule has 7 nitrogen and oxygen atoms in total. The number of esters is 1. The molecule has 1 aromatic rings. The predicted octanol–water partition coefficient (Wildman–Crippen LogP) is 0.568. The molecule has 0 aromatic heterocycles. The first kappa shape index (κ1) is 17.1. The smallest absolute Gasteiger partial charge is 0.396 e. The number of hydrogen-bond acceptors (Lipinski definition) is 6. The van der Waals surface area contributed by atoms with Crippen molar-refractivity contribution in [2.75, 3.05) is 20.3 Å². The van der Waals surface area contributed by atoms with Gasteiger partial charge in [0.1, 0.15) is 17.6 Å². The summed E-state index contributed by atoms with van der Waals surface area (Å²) in [5.41, 5.74) is -0.412. The van der Waals surface area contributed by atoms with Crippen LogP contribution < -0.4 is 10.1 Å². The Hall–Kier alpha value is -2.95. The average molecular weight is 308 g/mol. The van der Waals surface area contributed by atoms with Crippen molar-refractivity contribution in [3.05, 3.63) is 29.1 Å². The summed E-state index contributed by atoms with van der Waals surface area (Å²) in [5.74, 6) is -3.74. The van der Waals surface area contributed by atoms with Crippen LogP contribution in [0.2, 0.25) is 0 Å². The van der Waals surface area contributed by atoms with E-state index < -0.39 is 30.0 Å². The molecule has 0 atom stereocenters. The van der Waals surface area contributed by atoms with Gasteiger partial charge in [0.25, 0.3) is 0 Å². The highest BCUT2D eigenvalue weighted by molar-refractivity contribution is 6.32. The number of ketones is 1. The summed E-state index contributed by atoms with van der Waals surface area (Å²) < 4.78 is 22.8. The standard InChI is InChI=1S/C14H13FN2O5/c1-3-22-14(20)13(19)17-7-11(18)9-4-8(6-16)10(15)5-12(9)21-2/h4-5H,3,7H2,1-2H3,(H,17,19). The molecule has 0 aliphatic rings. The minimum atomic E-state index is -1.11. The number of hydrogen-bond donors (Lipinski definition) is 1. The van der Waals surface area contributed by atoms with Crippen molar-refractivity contribution < 1.29 is 28.2 Å². The molecule has 1 aromatic carbocycles. The number of rotatable bonds is 5. The van der Waals surface area contributed by atoms with Crippen molar-refractivity contribution in [3.8, 4) is 11.8 Å². The molecule has 22 heavy (non-hydrogen) atoms. The maximum absolute atomic E-state index is 13.4. The monoisotopic (exact) mass is 308 g/mol. The van der Waals surface area contributed by atoms with Gasteiger partial charge in [-0.1, -0.05) is 0 Å². The van der Waals surface area contributed by atoms with Gasteiger partial charge in [0, 0.05) is 6.07 Å². The normalized spacial score (nSPS) is 9.55. The van der Waals surface area contributed by atoms with Gasteiger partial charge in [-0.25, -0.2) is 9.18 Å². The number of amides is 1. The van der Waals surface area contributed by atoms with Gasteiger partial charge < -0.3 is 14.8 Å². The van der Waals surface area contributed by atoms with Crippen molar-refractivity contribution in [2.45, 2.75) is 6.92 Å². The molecule has 0 aliphatic heterocycles. The third kappa shape index (κ3) is 4.02. The highest BCUT2D eigenvalue weighted by Crippen LogP contribution is 2.22. The predicted molar refractivity (Wildman–Crippen MR) is 71.6 cm³/mol. The molecule has 0 radical (unpaired) electrons. The lowest BCUT2D eigenvalue weighted by molar-refractivity contribution is -0.154. The Morgan fingerprint density at radius 1 is 1.36 bits per heavy atom. The van der Waals surface area contributed by atoms with Gasteiger partial charge in [0.05, 0.1) is 31.4 Å². The Labute approximate surface area is 125 Å². The molecule has 0 saturated heterocycles. The molecular formula is C14H13FN2O5. The zero-order valence-electron chi connectivity index (χ0n) is 11.9. The fourth-order valence-electron chi connectivity index (χ4n) is 1.55. The van der Waals surface area contributed by atoms with E-state index in [0.717, 1.165) is 12.1 Å². The van der Waals surface area contributed by atoms with Gasteiger partial charge >= 0.3 is 11.9 Å². The SMILES string of the molecule is CCOC(=O)C(=O)NCC(=O)c1cc(C#N)c(F)cc1OC. The third-order valence-corrected chi connectivity index (χ3v) is 2.58. The summed E-state index contributed by atoms with van der Waals surface area (Å²) in [6, 6.07) is 3.52. The number of ether oxygens (including phenoxy) is 2. The van der Waals surface area contributed by atoms with Crippen molar-refractivity contribution in [3.63, 3.8) is 0 Å². The Morgan fingerprint density at radius 2 is 2.05 bits per heavy atom. The van der Waals surface area contributed by atoms with E-state index in [0.29, 0.717) is 0 Å². The minimum absolute atomic E-state index is 0.0253. The number of nitrogens with one attached hydrogen (secondary N) is 1. The molecule has 0 fully saturated rings. The quantitative estimate of drug-likeness (QED) is 0.484. The second-order valence-corrected chi connectivity index (χ2v) is 3.97. The number of Topliss-reactive ketones (excluding diaryl/α,β-unsaturated/α-hetero) is 1. The highest BCUT2D eigenvalue weighted by atomic mass is 19.1. The van der Waals surface area contributed by atoms with Crippen LogP contribution in [0.25, 0.3) is 0 Å². The number of carbonyl (C=O) groups is 3. The van der Waals surface area contributed by atoms with E-state index >= 15 is 0 Å². The highest BCUT2D eigenvalue weighted by Gasteiger charge is 2.20. The Morgan fingerprint density at radius 3 is 2.59 bits per heavy atom. The fourth-order valence-corrected chi connectivity index (χ4v) is 1.55. The number of methoxy groups -OCH3 is 1. The summed E-state index contributed by atoms with van der Waals surface area (Å²) in [7, 11) is 1.23. The summed E-state index contributed by atoms with van der Waals surface area (Å²) in [4.78, 5) is 34.4. The van der Waals surface area contributed by atoms with Crippen LogP contribution in [0.1, 0.15) is 22.8 Å². The maximum Gasteiger partial charge on any atom is 0.396 e. The first-order valence-corrected chi connectivity index (χ1v) is 6.20. The maximum atomic E-state index is 13.4. The first-order valence-electron chi connectivity index (χ1n) is 6.20. The largest absolute Gasteiger partial charge is 0.496 e. The summed E-state index contributed by atoms with van der Waals surface area (Å²) in [6.45, 7) is 1.03. The molecule has 1 amide bonds. The molecule has 0 heterocycles. The summed E-state index contributed by atoms with van der Waals surface area (Å²) in [5, 5.41) is 10.8. The summed E-state index contributed by atoms with van der Waals surface area (Å²) in [6.07, 6.45) is 0. The lowest BCUT2D eigenvalue weighted by atomic mass is 10.1. The van der Waals surface area contributed by atoms with Crippen LogP contribution in [0.5, 0.6) is 5.75 Å². The van der Waals surface area contributed by atoms with Gasteiger partial charge in [0.15, 0.2) is 5.78 Å². The van der Waals surface area contributed by atoms with Crippen molar-refractivity contribution in [2.24, 2.45) is 0 Å². The number of halogens is 1. The van der Waals surface area contributed by atoms with Crippen LogP contribution in [0.3, 0.4) is 0 Å². The van der Waals surface area contributed by atoms with Crippen LogP contribution in [-0.4, -0.2) is 37.9 Å². The van der Waals surface area contributed by atoms with E-state index in [1.807, 2.05) is 0 Å². The molecule has 0 saturated carbocycles. The minimum Gasteiger partial charge on any atom is -0.496 e. The number of nitriles is 1. The lowest BCUT2D eigenvalue weighted by Gasteiger charge is -2.09. The van der Waals surface area contributed by atoms with Gasteiger partial charge in [-0.05, 0) is 13.0 Å². The van der Waals surface area contributed by atoms with Crippen LogP contribution >= 0.6 is 0 Å². The topological polar surface area (TPSA) is 105 Å². The number of nitrogens with zero attached hydrogens (tertiary/aromatic N) is 1. The lowest BCUT2D eigenvalue weighted by Crippen LogP contribution is -2.36. The molecular weight excluding hydrogens is 295 g/mol. The first-order chi connectivity index (χ1) is 10.4. The third-order valence-electron chi connectivity index (χ3n) is 2.58. The van der Waals surface area contributed by atoms with E-state index in [9.17, 15) is 18.8 Å². The van der Waals surface area contributed by atoms with Crippen molar-refractivity contribution >= 4 is 17.7 Å². The van der Waals surface area contributed by atoms with E-state index in [-0.39, 0.29) is 23.5 Å². The van der Waals surface area contributed by atoms with E-state index in [4.69, 9.17) is 10.00 Å². The Bertz CT molecular complexity index is 651. The molecule has 1 N–H and O–H groups in total. The van der Waals surface area contributed by atoms with Gasteiger partial charge in [-0.15, -0.1) is 0 Å². The molecule has 8 heteroatoms. The van der Waals surface area contributed by atoms with Gasteiger partial charge in [0.2, 0.25) is 0 Å². The van der Waals surface area contributed by atoms with E-state index in [1.54, 1.807) is 6.07 Å². The molecule has 116 valence electrons. The van der Waals surface area contributed by atoms with Gasteiger partial charge in [-0.2, -0.15) is 5.26 Å². The van der Waals surface area contributed by atoms with Crippen LogP contribution in [0.4, 0.5) is 4.39 Å². The molecule has 0 spiro atoms. The molecule has 0 aliphatic carbocycles. The second kappa shape index (κ2) is 7.73. The fraction of sp³-hybridized carbons (Fsp3) is 0.286. The number of carbonyl (C=O) groups excluding carboxylic acids is 3. The number of benzene rings is 1. The Kier molecular flexibility index (Phi) is 6.01. The molecule has 1 rings (SSSR count). The average Bonchev–Trinajstić information content (AvgIpc) is 2.51. The summed E-state index contributed by atoms with van der Waals surface area (Å²) >= 11 is 0. The molecule has 0 unspecified atom stereocenters. The Balaban J connectivity index is 2.88. The van der Waals surface area contributed by atoms with Crippen LogP contribution in [0.15, 0.2) is 12.1 Å². The van der Waals surface area contributed by atoms with Crippen molar-refractivity contribution in [1.82, 2.24) is 5.32 Å². The van der Waals surface area contributed by atoms with Crippen LogP contribution in [0, 0.1) is 17.1 Å². The van der Waals surface area contributed by atoms with Gasteiger partial charge in [-0.3, -0.25) is 9.59 Å². The second-order valence-electron chi connectivity index (χ2n) is 3.97.